The molecule has 2 rings (SSSR count). The molecular weight excluding hydrogens is 306 g/mol. The molecule has 0 fully saturated rings. The van der Waals surface area contributed by atoms with Gasteiger partial charge in [0, 0.05) is 24.6 Å². The number of rotatable bonds is 5. The Hall–Kier alpha value is -2.40. The molecule has 5 nitrogen and oxygen atoms in total. The average Bonchev–Trinajstić information content (AvgIpc) is 2.49. The second-order valence-corrected chi connectivity index (χ2v) is 5.16. The first-order valence-corrected chi connectivity index (χ1v) is 6.81. The topological polar surface area (TPSA) is 87.5 Å². The molecule has 0 bridgehead atoms. The molecule has 6 heteroatoms. The minimum atomic E-state index is -1.58. The van der Waals surface area contributed by atoms with Crippen LogP contribution in [0, 0.1) is 6.92 Å². The summed E-state index contributed by atoms with van der Waals surface area (Å²) in [6, 6.07) is 6.66. The molecule has 0 aliphatic carbocycles. The van der Waals surface area contributed by atoms with Gasteiger partial charge in [0.25, 0.3) is 0 Å². The highest BCUT2D eigenvalue weighted by molar-refractivity contribution is 6.30. The summed E-state index contributed by atoms with van der Waals surface area (Å²) >= 11 is 5.96. The van der Waals surface area contributed by atoms with Gasteiger partial charge in [0.05, 0.1) is 6.40 Å². The number of halogens is 1. The van der Waals surface area contributed by atoms with Crippen LogP contribution in [0.15, 0.2) is 30.5 Å². The third-order valence-electron chi connectivity index (χ3n) is 3.10. The summed E-state index contributed by atoms with van der Waals surface area (Å²) in [5, 5.41) is 19.2. The Bertz CT molecular complexity index is 779. The number of Topliss-reactive ketones (excluding diaryl/α,β-unsaturated/α-hetero) is 1. The highest BCUT2D eigenvalue weighted by Gasteiger charge is 2.16. The molecule has 114 valence electrons. The van der Waals surface area contributed by atoms with Crippen LogP contribution in [-0.2, 0) is 4.79 Å². The largest absolute Gasteiger partial charge is 0.506 e. The summed E-state index contributed by atoms with van der Waals surface area (Å²) in [5.41, 5.74) is 2.03. The quantitative estimate of drug-likeness (QED) is 0.824. The van der Waals surface area contributed by atoms with Crippen LogP contribution in [0.5, 0.6) is 5.75 Å². The number of aromatic hydroxyl groups is 1. The summed E-state index contributed by atoms with van der Waals surface area (Å²) in [7, 11) is 0. The van der Waals surface area contributed by atoms with E-state index in [2.05, 4.69) is 4.98 Å². The first-order chi connectivity index (χ1) is 10.8. The molecule has 0 saturated heterocycles. The third-order valence-corrected chi connectivity index (χ3v) is 3.34. The van der Waals surface area contributed by atoms with Crippen molar-refractivity contribution >= 4 is 23.4 Å². The van der Waals surface area contributed by atoms with Crippen molar-refractivity contribution in [3.8, 4) is 16.9 Å². The maximum atomic E-state index is 11.9. The van der Waals surface area contributed by atoms with E-state index in [4.69, 9.17) is 18.1 Å². The molecule has 22 heavy (non-hydrogen) atoms. The molecule has 1 heterocycles. The summed E-state index contributed by atoms with van der Waals surface area (Å²) < 4.78 is 7.26. The van der Waals surface area contributed by atoms with Crippen molar-refractivity contribution < 1.29 is 21.2 Å². The van der Waals surface area contributed by atoms with Crippen LogP contribution in [0.2, 0.25) is 5.02 Å². The predicted octanol–water partition coefficient (Wildman–Crippen LogP) is 3.46. The van der Waals surface area contributed by atoms with Crippen LogP contribution >= 0.6 is 11.6 Å². The van der Waals surface area contributed by atoms with Gasteiger partial charge in [0.2, 0.25) is 0 Å². The number of carboxylic acid groups (broad SMARTS) is 1. The molecule has 0 saturated carbocycles. The molecule has 1 aromatic carbocycles. The van der Waals surface area contributed by atoms with Gasteiger partial charge in [-0.2, -0.15) is 0 Å². The van der Waals surface area contributed by atoms with E-state index in [1.165, 1.54) is 12.3 Å². The van der Waals surface area contributed by atoms with Gasteiger partial charge in [0.1, 0.15) is 11.4 Å². The minimum Gasteiger partial charge on any atom is -0.506 e. The molecule has 0 spiro atoms. The van der Waals surface area contributed by atoms with Crippen LogP contribution < -0.4 is 0 Å². The van der Waals surface area contributed by atoms with Gasteiger partial charge in [-0.1, -0.05) is 17.7 Å². The van der Waals surface area contributed by atoms with Crippen molar-refractivity contribution in [2.45, 2.75) is 19.7 Å². The van der Waals surface area contributed by atoms with E-state index >= 15 is 0 Å². The minimum absolute atomic E-state index is 0.244. The van der Waals surface area contributed by atoms with E-state index in [0.29, 0.717) is 10.6 Å². The Kier molecular flexibility index (Phi) is 4.34. The van der Waals surface area contributed by atoms with E-state index in [9.17, 15) is 14.7 Å². The number of carbonyl (C=O) groups excluding carboxylic acids is 1. The van der Waals surface area contributed by atoms with Gasteiger partial charge in [-0.3, -0.25) is 9.59 Å². The molecule has 0 aliphatic heterocycles. The third kappa shape index (κ3) is 3.62. The molecule has 0 aliphatic rings. The van der Waals surface area contributed by atoms with Crippen molar-refractivity contribution in [1.29, 1.82) is 0 Å². The standard InChI is InChI=1S/C16H14ClNO4/c1-9-2-3-11(17)7-12(9)10-6-14(20)16(18-8-10)13(19)4-5-15(21)22/h2-3,6-8,20H,4-5H2,1H3,(H,21,22)/i5D. The molecule has 2 N–H and O–H groups in total. The van der Waals surface area contributed by atoms with E-state index < -0.39 is 24.6 Å². The summed E-state index contributed by atoms with van der Waals surface area (Å²) in [4.78, 5) is 26.5. The number of hydrogen-bond donors (Lipinski definition) is 2. The van der Waals surface area contributed by atoms with Crippen molar-refractivity contribution in [1.82, 2.24) is 4.98 Å². The Morgan fingerprint density at radius 1 is 1.36 bits per heavy atom. The summed E-state index contributed by atoms with van der Waals surface area (Å²) in [6.07, 6.45) is -0.727. The second kappa shape index (κ2) is 6.58. The lowest BCUT2D eigenvalue weighted by molar-refractivity contribution is -0.136. The van der Waals surface area contributed by atoms with Crippen molar-refractivity contribution in [3.05, 3.63) is 46.7 Å². The van der Waals surface area contributed by atoms with Crippen LogP contribution in [0.25, 0.3) is 11.1 Å². The van der Waals surface area contributed by atoms with Crippen LogP contribution in [-0.4, -0.2) is 26.9 Å². The highest BCUT2D eigenvalue weighted by Crippen LogP contribution is 2.29. The smallest absolute Gasteiger partial charge is 0.303 e. The maximum Gasteiger partial charge on any atom is 0.303 e. The number of aliphatic carboxylic acids is 1. The zero-order chi connectivity index (χ0) is 17.1. The van der Waals surface area contributed by atoms with Gasteiger partial charge in [-0.05, 0) is 36.2 Å². The fourth-order valence-electron chi connectivity index (χ4n) is 2.00. The van der Waals surface area contributed by atoms with E-state index in [1.54, 1.807) is 12.1 Å². The molecule has 1 aromatic heterocycles. The van der Waals surface area contributed by atoms with E-state index in [-0.39, 0.29) is 11.4 Å². The number of carboxylic acids is 1. The van der Waals surface area contributed by atoms with E-state index in [1.807, 2.05) is 13.0 Å². The Balaban J connectivity index is 2.33. The highest BCUT2D eigenvalue weighted by atomic mass is 35.5. The Morgan fingerprint density at radius 3 is 2.73 bits per heavy atom. The van der Waals surface area contributed by atoms with Gasteiger partial charge >= 0.3 is 5.97 Å². The Labute approximate surface area is 133 Å². The number of ketones is 1. The monoisotopic (exact) mass is 320 g/mol. The Morgan fingerprint density at radius 2 is 2.09 bits per heavy atom. The number of benzene rings is 1. The van der Waals surface area contributed by atoms with Gasteiger partial charge in [-0.25, -0.2) is 4.98 Å². The van der Waals surface area contributed by atoms with Crippen LogP contribution in [0.1, 0.15) is 30.2 Å². The number of aryl methyl sites for hydroxylation is 1. The van der Waals surface area contributed by atoms with E-state index in [0.717, 1.165) is 11.1 Å². The molecule has 0 amide bonds. The van der Waals surface area contributed by atoms with Crippen LogP contribution in [0.4, 0.5) is 0 Å². The lowest BCUT2D eigenvalue weighted by atomic mass is 10.0. The van der Waals surface area contributed by atoms with Crippen molar-refractivity contribution in [3.63, 3.8) is 0 Å². The van der Waals surface area contributed by atoms with Crippen molar-refractivity contribution in [2.24, 2.45) is 0 Å². The van der Waals surface area contributed by atoms with Crippen LogP contribution in [0.3, 0.4) is 0 Å². The molecule has 1 unspecified atom stereocenters. The fraction of sp³-hybridized carbons (Fsp3) is 0.188. The van der Waals surface area contributed by atoms with Crippen molar-refractivity contribution in [2.75, 3.05) is 0 Å². The second-order valence-electron chi connectivity index (χ2n) is 4.72. The van der Waals surface area contributed by atoms with Gasteiger partial charge < -0.3 is 10.2 Å². The molecule has 2 aromatic rings. The molecule has 0 radical (unpaired) electrons. The molecule has 1 atom stereocenters. The fourth-order valence-corrected chi connectivity index (χ4v) is 2.17. The summed E-state index contributed by atoms with van der Waals surface area (Å²) in [6.45, 7) is 1.87. The lowest BCUT2D eigenvalue weighted by Gasteiger charge is -2.09. The predicted molar refractivity (Wildman–Crippen MR) is 82.3 cm³/mol. The lowest BCUT2D eigenvalue weighted by Crippen LogP contribution is -2.06. The number of carbonyl (C=O) groups is 2. The number of hydrogen-bond acceptors (Lipinski definition) is 4. The first-order valence-electron chi connectivity index (χ1n) is 7.01. The van der Waals surface area contributed by atoms with Gasteiger partial charge in [0.15, 0.2) is 5.78 Å². The number of nitrogens with zero attached hydrogens (tertiary/aromatic N) is 1. The average molecular weight is 321 g/mol. The SMILES string of the molecule is [2H]C(CC(=O)c1ncc(-c2cc(Cl)ccc2C)cc1O)C(=O)O. The van der Waals surface area contributed by atoms with Gasteiger partial charge in [-0.15, -0.1) is 0 Å². The zero-order valence-electron chi connectivity index (χ0n) is 12.7. The normalized spacial score (nSPS) is 12.5. The maximum absolute atomic E-state index is 11.9. The first kappa shape index (κ1) is 14.5. The number of aromatic nitrogens is 1. The molecular formula is C16H14ClNO4. The summed E-state index contributed by atoms with van der Waals surface area (Å²) in [5.74, 6) is -2.45. The number of pyridine rings is 1. The zero-order valence-corrected chi connectivity index (χ0v) is 12.5.